The lowest BCUT2D eigenvalue weighted by Crippen LogP contribution is -2.54. The molecule has 9 heteroatoms. The summed E-state index contributed by atoms with van der Waals surface area (Å²) >= 11 is 0. The van der Waals surface area contributed by atoms with Gasteiger partial charge in [-0.15, -0.1) is 0 Å². The minimum atomic E-state index is -0.676. The van der Waals surface area contributed by atoms with Gasteiger partial charge in [-0.25, -0.2) is 4.98 Å². The highest BCUT2D eigenvalue weighted by Gasteiger charge is 2.35. The Hall–Kier alpha value is -2.91. The fourth-order valence-electron chi connectivity index (χ4n) is 3.56. The highest BCUT2D eigenvalue weighted by Crippen LogP contribution is 2.30. The van der Waals surface area contributed by atoms with Gasteiger partial charge in [-0.3, -0.25) is 9.48 Å². The molecule has 1 aliphatic heterocycles. The number of hydrogen-bond donors (Lipinski definition) is 2. The highest BCUT2D eigenvalue weighted by atomic mass is 16.5. The smallest absolute Gasteiger partial charge is 0.255 e. The number of carbonyl (C=O) groups excluding carboxylic acids is 1. The summed E-state index contributed by atoms with van der Waals surface area (Å²) in [6, 6.07) is 5.33. The number of furan rings is 1. The molecule has 29 heavy (non-hydrogen) atoms. The molecule has 3 heterocycles. The van der Waals surface area contributed by atoms with E-state index in [4.69, 9.17) is 13.9 Å². The summed E-state index contributed by atoms with van der Waals surface area (Å²) in [5.41, 5.74) is 0.367. The lowest BCUT2D eigenvalue weighted by molar-refractivity contribution is 0.0125. The van der Waals surface area contributed by atoms with Crippen LogP contribution in [-0.2, 0) is 18.4 Å². The third-order valence-corrected chi connectivity index (χ3v) is 5.21. The van der Waals surface area contributed by atoms with E-state index < -0.39 is 5.54 Å². The van der Waals surface area contributed by atoms with Crippen LogP contribution in [0.4, 0.5) is 0 Å². The molecule has 154 valence electrons. The molecule has 2 N–H and O–H groups in total. The predicted molar refractivity (Wildman–Crippen MR) is 104 cm³/mol. The largest absolute Gasteiger partial charge is 0.486 e. The molecule has 0 radical (unpaired) electrons. The van der Waals surface area contributed by atoms with Crippen LogP contribution in [-0.4, -0.2) is 51.1 Å². The minimum Gasteiger partial charge on any atom is -0.486 e. The average Bonchev–Trinajstić information content (AvgIpc) is 3.28. The van der Waals surface area contributed by atoms with Crippen molar-refractivity contribution in [2.45, 2.75) is 31.9 Å². The van der Waals surface area contributed by atoms with E-state index in [1.807, 2.05) is 0 Å². The number of ether oxygens (including phenoxy) is 2. The molecule has 0 spiro atoms. The maximum atomic E-state index is 13.1. The third-order valence-electron chi connectivity index (χ3n) is 5.21. The predicted octanol–water partition coefficient (Wildman–Crippen LogP) is 1.72. The van der Waals surface area contributed by atoms with Crippen molar-refractivity contribution in [2.24, 2.45) is 7.05 Å². The monoisotopic (exact) mass is 400 g/mol. The van der Waals surface area contributed by atoms with Gasteiger partial charge in [0, 0.05) is 25.6 Å². The summed E-state index contributed by atoms with van der Waals surface area (Å²) in [6.45, 7) is 2.85. The number of aliphatic hydroxyl groups is 1. The summed E-state index contributed by atoms with van der Waals surface area (Å²) in [5, 5.41) is 17.7. The van der Waals surface area contributed by atoms with E-state index in [2.05, 4.69) is 15.4 Å². The number of nitrogens with zero attached hydrogens (tertiary/aromatic N) is 3. The standard InChI is InChI=1S/C20H24N4O5/c1-13-18(19(26)22-20(11-25)5-7-27-8-6-20)15-9-14(3-4-16(15)29-13)28-10-17-21-12-24(2)23-17/h3-4,9,12,25H,5-8,10-11H2,1-2H3,(H,22,26). The Morgan fingerprint density at radius 2 is 2.17 bits per heavy atom. The molecule has 4 rings (SSSR count). The number of aliphatic hydroxyl groups excluding tert-OH is 1. The number of hydrogen-bond acceptors (Lipinski definition) is 7. The molecular formula is C20H24N4O5. The van der Waals surface area contributed by atoms with Crippen molar-refractivity contribution in [2.75, 3.05) is 19.8 Å². The minimum absolute atomic E-state index is 0.137. The molecule has 1 amide bonds. The van der Waals surface area contributed by atoms with Crippen molar-refractivity contribution in [1.82, 2.24) is 20.1 Å². The van der Waals surface area contributed by atoms with Gasteiger partial charge >= 0.3 is 0 Å². The van der Waals surface area contributed by atoms with Crippen molar-refractivity contribution in [3.8, 4) is 5.75 Å². The van der Waals surface area contributed by atoms with Gasteiger partial charge in [0.05, 0.1) is 17.7 Å². The average molecular weight is 400 g/mol. The number of amides is 1. The Labute approximate surface area is 167 Å². The molecular weight excluding hydrogens is 376 g/mol. The number of carbonyl (C=O) groups is 1. The molecule has 0 unspecified atom stereocenters. The lowest BCUT2D eigenvalue weighted by Gasteiger charge is -2.36. The lowest BCUT2D eigenvalue weighted by atomic mass is 9.90. The second-order valence-electron chi connectivity index (χ2n) is 7.32. The molecule has 1 aliphatic rings. The summed E-state index contributed by atoms with van der Waals surface area (Å²) in [4.78, 5) is 17.2. The van der Waals surface area contributed by atoms with E-state index in [-0.39, 0.29) is 19.1 Å². The molecule has 9 nitrogen and oxygen atoms in total. The van der Waals surface area contributed by atoms with Gasteiger partial charge in [0.1, 0.15) is 30.0 Å². The number of aromatic nitrogens is 3. The Morgan fingerprint density at radius 1 is 1.38 bits per heavy atom. The zero-order valence-electron chi connectivity index (χ0n) is 16.5. The van der Waals surface area contributed by atoms with E-state index in [0.717, 1.165) is 0 Å². The second-order valence-corrected chi connectivity index (χ2v) is 7.32. The van der Waals surface area contributed by atoms with Crippen LogP contribution in [0.3, 0.4) is 0 Å². The molecule has 1 fully saturated rings. The van der Waals surface area contributed by atoms with Crippen LogP contribution < -0.4 is 10.1 Å². The molecule has 0 saturated carbocycles. The first-order valence-electron chi connectivity index (χ1n) is 9.51. The molecule has 0 atom stereocenters. The van der Waals surface area contributed by atoms with Crippen molar-refractivity contribution in [3.63, 3.8) is 0 Å². The summed E-state index contributed by atoms with van der Waals surface area (Å²) in [5.74, 6) is 1.39. The highest BCUT2D eigenvalue weighted by molar-refractivity contribution is 6.07. The van der Waals surface area contributed by atoms with Crippen LogP contribution in [0, 0.1) is 6.92 Å². The van der Waals surface area contributed by atoms with Crippen molar-refractivity contribution >= 4 is 16.9 Å². The van der Waals surface area contributed by atoms with Crippen molar-refractivity contribution in [1.29, 1.82) is 0 Å². The number of fused-ring (bicyclic) bond motifs is 1. The fraction of sp³-hybridized carbons (Fsp3) is 0.450. The first-order chi connectivity index (χ1) is 14.0. The van der Waals surface area contributed by atoms with Gasteiger partial charge in [-0.1, -0.05) is 0 Å². The normalized spacial score (nSPS) is 16.1. The van der Waals surface area contributed by atoms with Gasteiger partial charge in [0.15, 0.2) is 5.82 Å². The summed E-state index contributed by atoms with van der Waals surface area (Å²) in [6.07, 6.45) is 2.74. The SMILES string of the molecule is Cc1oc2ccc(OCc3ncn(C)n3)cc2c1C(=O)NC1(CO)CCOCC1. The molecule has 0 aliphatic carbocycles. The number of aryl methyl sites for hydroxylation is 2. The van der Waals surface area contributed by atoms with Crippen LogP contribution in [0.5, 0.6) is 5.75 Å². The number of rotatable bonds is 6. The third kappa shape index (κ3) is 3.96. The second kappa shape index (κ2) is 7.84. The molecule has 2 aromatic heterocycles. The van der Waals surface area contributed by atoms with Crippen LogP contribution in [0.15, 0.2) is 28.9 Å². The van der Waals surface area contributed by atoms with Crippen LogP contribution in [0.2, 0.25) is 0 Å². The summed E-state index contributed by atoms with van der Waals surface area (Å²) in [7, 11) is 1.79. The van der Waals surface area contributed by atoms with Crippen molar-refractivity contribution in [3.05, 3.63) is 41.7 Å². The Kier molecular flexibility index (Phi) is 5.25. The van der Waals surface area contributed by atoms with Gasteiger partial charge in [0.25, 0.3) is 5.91 Å². The maximum Gasteiger partial charge on any atom is 0.255 e. The molecule has 0 bridgehead atoms. The van der Waals surface area contributed by atoms with Crippen molar-refractivity contribution < 1.29 is 23.8 Å². The Morgan fingerprint density at radius 3 is 2.86 bits per heavy atom. The van der Waals surface area contributed by atoms with Crippen LogP contribution in [0.1, 0.15) is 34.8 Å². The quantitative estimate of drug-likeness (QED) is 0.648. The number of nitrogens with one attached hydrogen (secondary N) is 1. The number of benzene rings is 1. The van der Waals surface area contributed by atoms with E-state index >= 15 is 0 Å². The zero-order valence-corrected chi connectivity index (χ0v) is 16.5. The first-order valence-corrected chi connectivity index (χ1v) is 9.51. The van der Waals surface area contributed by atoms with Gasteiger partial charge in [0.2, 0.25) is 0 Å². The van der Waals surface area contributed by atoms with E-state index in [1.54, 1.807) is 43.2 Å². The van der Waals surface area contributed by atoms with Crippen LogP contribution in [0.25, 0.3) is 11.0 Å². The molecule has 1 aromatic carbocycles. The van der Waals surface area contributed by atoms with Gasteiger partial charge in [-0.05, 0) is 38.0 Å². The zero-order chi connectivity index (χ0) is 20.4. The molecule has 1 saturated heterocycles. The topological polar surface area (TPSA) is 112 Å². The van der Waals surface area contributed by atoms with E-state index in [0.29, 0.717) is 59.9 Å². The maximum absolute atomic E-state index is 13.1. The Bertz CT molecular complexity index is 1020. The van der Waals surface area contributed by atoms with E-state index in [9.17, 15) is 9.90 Å². The molecule has 3 aromatic rings. The van der Waals surface area contributed by atoms with E-state index in [1.165, 1.54) is 0 Å². The van der Waals surface area contributed by atoms with Crippen LogP contribution >= 0.6 is 0 Å². The van der Waals surface area contributed by atoms with Gasteiger partial charge < -0.3 is 24.3 Å². The summed E-state index contributed by atoms with van der Waals surface area (Å²) < 4.78 is 18.5. The first kappa shape index (κ1) is 19.4. The Balaban J connectivity index is 1.58. The van der Waals surface area contributed by atoms with Gasteiger partial charge in [-0.2, -0.15) is 5.10 Å². The fourth-order valence-corrected chi connectivity index (χ4v) is 3.56.